The average Bonchev–Trinajstić information content (AvgIpc) is 2.71. The maximum absolute atomic E-state index is 14.0. The van der Waals surface area contributed by atoms with Gasteiger partial charge in [0, 0.05) is 22.4 Å². The van der Waals surface area contributed by atoms with Crippen LogP contribution in [0.4, 0.5) is 4.39 Å². The number of carbonyl (C=O) groups is 1. The van der Waals surface area contributed by atoms with Crippen molar-refractivity contribution in [3.8, 4) is 22.3 Å². The number of pyridine rings is 1. The number of carbonyl (C=O) groups excluding carboxylic acids is 1. The van der Waals surface area contributed by atoms with Gasteiger partial charge in [0.25, 0.3) is 5.56 Å². The molecule has 0 atom stereocenters. The molecule has 0 saturated carbocycles. The number of aromatic nitrogens is 2. The quantitative estimate of drug-likeness (QED) is 0.284. The predicted octanol–water partition coefficient (Wildman–Crippen LogP) is 5.70. The van der Waals surface area contributed by atoms with Crippen LogP contribution in [0.25, 0.3) is 27.9 Å². The lowest BCUT2D eigenvalue weighted by atomic mass is 9.93. The van der Waals surface area contributed by atoms with Gasteiger partial charge in [0.15, 0.2) is 6.29 Å². The zero-order chi connectivity index (χ0) is 20.7. The van der Waals surface area contributed by atoms with Crippen LogP contribution in [0.2, 0.25) is 5.02 Å². The highest BCUT2D eigenvalue weighted by Gasteiger charge is 2.15. The summed E-state index contributed by atoms with van der Waals surface area (Å²) in [7, 11) is 0. The maximum Gasteiger partial charge on any atom is 0.268 e. The Bertz CT molecular complexity index is 1350. The molecular weight excluding hydrogens is 459 g/mol. The van der Waals surface area contributed by atoms with E-state index in [0.29, 0.717) is 27.0 Å². The molecule has 0 unspecified atom stereocenters. The van der Waals surface area contributed by atoms with Crippen molar-refractivity contribution in [3.63, 3.8) is 0 Å². The van der Waals surface area contributed by atoms with E-state index in [0.717, 1.165) is 22.3 Å². The third-order valence-corrected chi connectivity index (χ3v) is 6.05. The van der Waals surface area contributed by atoms with Crippen LogP contribution in [0, 0.1) is 12.7 Å². The van der Waals surface area contributed by atoms with Crippen LogP contribution in [0.1, 0.15) is 15.9 Å². The molecule has 0 aliphatic rings. The minimum Gasteiger partial charge on any atom is -0.298 e. The van der Waals surface area contributed by atoms with Crippen molar-refractivity contribution in [1.29, 1.82) is 0 Å². The lowest BCUT2D eigenvalue weighted by Crippen LogP contribution is -2.18. The second kappa shape index (κ2) is 7.54. The van der Waals surface area contributed by atoms with Crippen molar-refractivity contribution in [2.75, 3.05) is 0 Å². The van der Waals surface area contributed by atoms with Crippen molar-refractivity contribution in [3.05, 3.63) is 91.7 Å². The molecule has 0 aliphatic carbocycles. The Kier molecular flexibility index (Phi) is 5.06. The van der Waals surface area contributed by atoms with E-state index in [1.807, 2.05) is 25.1 Å². The molecule has 0 amide bonds. The van der Waals surface area contributed by atoms with Gasteiger partial charge in [-0.2, -0.15) is 0 Å². The number of fused-ring (bicyclic) bond motifs is 1. The Morgan fingerprint density at radius 3 is 2.66 bits per heavy atom. The highest BCUT2D eigenvalue weighted by atomic mass is 79.9. The van der Waals surface area contributed by atoms with Gasteiger partial charge in [0.05, 0.1) is 10.6 Å². The van der Waals surface area contributed by atoms with Gasteiger partial charge in [-0.05, 0) is 69.4 Å². The molecule has 0 aliphatic heterocycles. The third-order valence-electron chi connectivity index (χ3n) is 4.79. The number of hydrogen-bond donors (Lipinski definition) is 0. The lowest BCUT2D eigenvalue weighted by Gasteiger charge is -2.14. The van der Waals surface area contributed by atoms with Crippen LogP contribution in [-0.2, 0) is 0 Å². The summed E-state index contributed by atoms with van der Waals surface area (Å²) >= 11 is 9.69. The second-order valence-electron chi connectivity index (χ2n) is 6.51. The molecule has 4 rings (SSSR count). The fourth-order valence-electron chi connectivity index (χ4n) is 3.33. The van der Waals surface area contributed by atoms with Crippen molar-refractivity contribution in [1.82, 2.24) is 9.38 Å². The van der Waals surface area contributed by atoms with Crippen molar-refractivity contribution in [2.24, 2.45) is 0 Å². The standard InChI is InChI=1S/C22H13BrClFN2O2/c1-12-16(3-2-4-17(12)18-8-15(25)9-19(23)21(18)24)13-5-6-27-20(7-13)26-10-14(11-28)22(27)29/h2-11H,1H3. The van der Waals surface area contributed by atoms with Gasteiger partial charge in [0.2, 0.25) is 0 Å². The van der Waals surface area contributed by atoms with Gasteiger partial charge in [-0.25, -0.2) is 9.37 Å². The van der Waals surface area contributed by atoms with E-state index in [2.05, 4.69) is 20.9 Å². The second-order valence-corrected chi connectivity index (χ2v) is 7.74. The fraction of sp³-hybridized carbons (Fsp3) is 0.0455. The van der Waals surface area contributed by atoms with Gasteiger partial charge in [0.1, 0.15) is 11.5 Å². The van der Waals surface area contributed by atoms with Gasteiger partial charge in [-0.15, -0.1) is 0 Å². The van der Waals surface area contributed by atoms with Crippen LogP contribution in [0.3, 0.4) is 0 Å². The molecule has 2 aromatic carbocycles. The number of halogens is 3. The van der Waals surface area contributed by atoms with Crippen LogP contribution >= 0.6 is 27.5 Å². The van der Waals surface area contributed by atoms with Crippen molar-refractivity contribution < 1.29 is 9.18 Å². The molecule has 4 aromatic rings. The first-order valence-electron chi connectivity index (χ1n) is 8.62. The molecule has 144 valence electrons. The Hall–Kier alpha value is -2.83. The first kappa shape index (κ1) is 19.5. The zero-order valence-corrected chi connectivity index (χ0v) is 17.5. The highest BCUT2D eigenvalue weighted by molar-refractivity contribution is 9.10. The van der Waals surface area contributed by atoms with Crippen molar-refractivity contribution in [2.45, 2.75) is 6.92 Å². The number of rotatable bonds is 3. The molecule has 29 heavy (non-hydrogen) atoms. The third kappa shape index (κ3) is 3.39. The van der Waals surface area contributed by atoms with E-state index >= 15 is 0 Å². The molecule has 0 radical (unpaired) electrons. The van der Waals surface area contributed by atoms with Crippen molar-refractivity contribution >= 4 is 39.5 Å². The van der Waals surface area contributed by atoms with E-state index < -0.39 is 5.56 Å². The molecule has 7 heteroatoms. The number of nitrogens with zero attached hydrogens (tertiary/aromatic N) is 2. The van der Waals surface area contributed by atoms with E-state index in [9.17, 15) is 14.0 Å². The summed E-state index contributed by atoms with van der Waals surface area (Å²) in [5, 5.41) is 0.430. The van der Waals surface area contributed by atoms with E-state index in [4.69, 9.17) is 11.6 Å². The summed E-state index contributed by atoms with van der Waals surface area (Å²) in [6, 6.07) is 12.0. The Labute approximate surface area is 178 Å². The fourth-order valence-corrected chi connectivity index (χ4v) is 3.97. The smallest absolute Gasteiger partial charge is 0.268 e. The van der Waals surface area contributed by atoms with Gasteiger partial charge < -0.3 is 0 Å². The summed E-state index contributed by atoms with van der Waals surface area (Å²) in [5.41, 5.74) is 4.03. The SMILES string of the molecule is Cc1c(-c2ccn3c(=O)c(C=O)cnc3c2)cccc1-c1cc(F)cc(Br)c1Cl. The predicted molar refractivity (Wildman–Crippen MR) is 115 cm³/mol. The molecule has 0 fully saturated rings. The Morgan fingerprint density at radius 2 is 1.90 bits per heavy atom. The molecule has 0 bridgehead atoms. The summed E-state index contributed by atoms with van der Waals surface area (Å²) in [6.07, 6.45) is 3.34. The minimum atomic E-state index is -0.418. The lowest BCUT2D eigenvalue weighted by molar-refractivity contribution is 0.112. The van der Waals surface area contributed by atoms with Gasteiger partial charge >= 0.3 is 0 Å². The van der Waals surface area contributed by atoms with Crippen LogP contribution < -0.4 is 5.56 Å². The number of hydrogen-bond acceptors (Lipinski definition) is 3. The molecule has 2 heterocycles. The summed E-state index contributed by atoms with van der Waals surface area (Å²) in [6.45, 7) is 1.93. The normalized spacial score (nSPS) is 11.0. The van der Waals surface area contributed by atoms with Gasteiger partial charge in [-0.1, -0.05) is 29.8 Å². The van der Waals surface area contributed by atoms with Crippen LogP contribution in [-0.4, -0.2) is 15.7 Å². The first-order chi connectivity index (χ1) is 13.9. The summed E-state index contributed by atoms with van der Waals surface area (Å²) in [5.74, 6) is -0.388. The van der Waals surface area contributed by atoms with Gasteiger partial charge in [-0.3, -0.25) is 14.0 Å². The summed E-state index contributed by atoms with van der Waals surface area (Å²) in [4.78, 5) is 27.4. The molecule has 0 saturated heterocycles. The first-order valence-corrected chi connectivity index (χ1v) is 9.79. The molecule has 4 nitrogen and oxygen atoms in total. The number of benzene rings is 2. The average molecular weight is 472 g/mol. The number of aldehydes is 1. The highest BCUT2D eigenvalue weighted by Crippen LogP contribution is 2.39. The minimum absolute atomic E-state index is 0.000231. The van der Waals surface area contributed by atoms with Crippen LogP contribution in [0.15, 0.2) is 64.1 Å². The Balaban J connectivity index is 1.91. The molecule has 2 aromatic heterocycles. The topological polar surface area (TPSA) is 51.4 Å². The monoisotopic (exact) mass is 470 g/mol. The maximum atomic E-state index is 14.0. The summed E-state index contributed by atoms with van der Waals surface area (Å²) < 4.78 is 15.8. The van der Waals surface area contributed by atoms with Crippen LogP contribution in [0.5, 0.6) is 0 Å². The van der Waals surface area contributed by atoms with E-state index in [1.165, 1.54) is 22.7 Å². The molecular formula is C22H13BrClFN2O2. The zero-order valence-electron chi connectivity index (χ0n) is 15.1. The molecule has 0 spiro atoms. The van der Waals surface area contributed by atoms with E-state index in [1.54, 1.807) is 18.3 Å². The molecule has 0 N–H and O–H groups in total. The Morgan fingerprint density at radius 1 is 1.14 bits per heavy atom. The van der Waals surface area contributed by atoms with E-state index in [-0.39, 0.29) is 11.4 Å². The largest absolute Gasteiger partial charge is 0.298 e.